The van der Waals surface area contributed by atoms with E-state index in [4.69, 9.17) is 17.3 Å². The van der Waals surface area contributed by atoms with Crippen molar-refractivity contribution in [2.75, 3.05) is 12.3 Å². The third-order valence-electron chi connectivity index (χ3n) is 2.79. The minimum absolute atomic E-state index is 0.0867. The zero-order valence-corrected chi connectivity index (χ0v) is 13.4. The Morgan fingerprint density at radius 2 is 2.24 bits per heavy atom. The van der Waals surface area contributed by atoms with Gasteiger partial charge in [0.1, 0.15) is 10.7 Å². The molecule has 9 heteroatoms. The second kappa shape index (κ2) is 6.27. The summed E-state index contributed by atoms with van der Waals surface area (Å²) < 4.78 is 40.0. The monoisotopic (exact) mass is 349 g/mol. The van der Waals surface area contributed by atoms with Gasteiger partial charge in [0.15, 0.2) is 0 Å². The van der Waals surface area contributed by atoms with E-state index in [9.17, 15) is 12.8 Å². The molecule has 0 saturated heterocycles. The van der Waals surface area contributed by atoms with Crippen LogP contribution >= 0.6 is 22.9 Å². The molecule has 0 aliphatic rings. The number of halogens is 2. The van der Waals surface area contributed by atoms with Crippen LogP contribution in [0.1, 0.15) is 17.8 Å². The molecule has 0 aliphatic carbocycles. The van der Waals surface area contributed by atoms with Crippen molar-refractivity contribution in [2.24, 2.45) is 0 Å². The number of sulfonamides is 1. The maximum atomic E-state index is 13.2. The van der Waals surface area contributed by atoms with E-state index in [1.807, 2.05) is 12.3 Å². The van der Waals surface area contributed by atoms with E-state index < -0.39 is 15.8 Å². The number of anilines is 1. The first-order chi connectivity index (χ1) is 9.81. The number of nitrogen functional groups attached to an aromatic ring is 1. The molecule has 114 valence electrons. The quantitative estimate of drug-likeness (QED) is 0.812. The first-order valence-corrected chi connectivity index (χ1v) is 8.69. The summed E-state index contributed by atoms with van der Waals surface area (Å²) in [5, 5.41) is 2.43. The second-order valence-corrected chi connectivity index (χ2v) is 7.50. The van der Waals surface area contributed by atoms with Crippen molar-refractivity contribution in [1.29, 1.82) is 0 Å². The standard InChI is InChI=1S/C12H13ClFN3O2S2/c1-7(12-16-2-3-20-12)6-17-21(18,19)11-5-10(15)9(14)4-8(11)13/h2-5,7,17H,6,15H2,1H3. The highest BCUT2D eigenvalue weighted by Crippen LogP contribution is 2.26. The first kappa shape index (κ1) is 16.2. The molecule has 0 saturated carbocycles. The Morgan fingerprint density at radius 1 is 1.52 bits per heavy atom. The summed E-state index contributed by atoms with van der Waals surface area (Å²) in [5.41, 5.74) is 5.11. The van der Waals surface area contributed by atoms with E-state index in [1.165, 1.54) is 11.3 Å². The number of hydrogen-bond acceptors (Lipinski definition) is 5. The second-order valence-electron chi connectivity index (χ2n) is 4.43. The van der Waals surface area contributed by atoms with E-state index in [1.54, 1.807) is 6.20 Å². The lowest BCUT2D eigenvalue weighted by atomic mass is 10.2. The van der Waals surface area contributed by atoms with Crippen molar-refractivity contribution in [1.82, 2.24) is 9.71 Å². The van der Waals surface area contributed by atoms with Crippen molar-refractivity contribution in [3.63, 3.8) is 0 Å². The normalized spacial score (nSPS) is 13.3. The molecule has 0 aliphatic heterocycles. The van der Waals surface area contributed by atoms with Crippen molar-refractivity contribution < 1.29 is 12.8 Å². The summed E-state index contributed by atoms with van der Waals surface area (Å²) in [6, 6.07) is 1.89. The number of rotatable bonds is 5. The van der Waals surface area contributed by atoms with Crippen molar-refractivity contribution in [3.05, 3.63) is 39.6 Å². The Balaban J connectivity index is 2.17. The molecule has 2 aromatic rings. The van der Waals surface area contributed by atoms with E-state index in [-0.39, 0.29) is 28.1 Å². The number of hydrogen-bond donors (Lipinski definition) is 2. The lowest BCUT2D eigenvalue weighted by Crippen LogP contribution is -2.28. The van der Waals surface area contributed by atoms with Gasteiger partial charge in [0.25, 0.3) is 0 Å². The van der Waals surface area contributed by atoms with E-state index in [0.29, 0.717) is 0 Å². The fourth-order valence-corrected chi connectivity index (χ4v) is 4.00. The van der Waals surface area contributed by atoms with Crippen LogP contribution in [0.3, 0.4) is 0 Å². The highest BCUT2D eigenvalue weighted by Gasteiger charge is 2.21. The van der Waals surface area contributed by atoms with Crippen LogP contribution in [0.2, 0.25) is 5.02 Å². The van der Waals surface area contributed by atoms with Gasteiger partial charge in [0, 0.05) is 24.0 Å². The van der Waals surface area contributed by atoms with Gasteiger partial charge in [0.05, 0.1) is 15.7 Å². The summed E-state index contributed by atoms with van der Waals surface area (Å²) in [6.45, 7) is 2.01. The maximum absolute atomic E-state index is 13.2. The molecule has 1 unspecified atom stereocenters. The van der Waals surface area contributed by atoms with Crippen LogP contribution in [0.5, 0.6) is 0 Å². The Kier molecular flexibility index (Phi) is 4.82. The van der Waals surface area contributed by atoms with Gasteiger partial charge in [-0.05, 0) is 12.1 Å². The minimum Gasteiger partial charge on any atom is -0.396 e. The number of nitrogens with two attached hydrogens (primary N) is 1. The van der Waals surface area contributed by atoms with Gasteiger partial charge in [-0.3, -0.25) is 0 Å². The summed E-state index contributed by atoms with van der Waals surface area (Å²) in [6.07, 6.45) is 1.66. The van der Waals surface area contributed by atoms with Crippen molar-refractivity contribution in [2.45, 2.75) is 17.7 Å². The van der Waals surface area contributed by atoms with E-state index in [2.05, 4.69) is 9.71 Å². The first-order valence-electron chi connectivity index (χ1n) is 5.95. The fourth-order valence-electron chi connectivity index (χ4n) is 1.63. The molecule has 0 fully saturated rings. The van der Waals surface area contributed by atoms with Gasteiger partial charge in [-0.15, -0.1) is 11.3 Å². The molecule has 0 amide bonds. The number of thiazole rings is 1. The highest BCUT2D eigenvalue weighted by atomic mass is 35.5. The molecule has 2 rings (SSSR count). The molecule has 0 bridgehead atoms. The van der Waals surface area contributed by atoms with Crippen LogP contribution < -0.4 is 10.5 Å². The summed E-state index contributed by atoms with van der Waals surface area (Å²) in [5.74, 6) is -0.841. The van der Waals surface area contributed by atoms with E-state index in [0.717, 1.165) is 17.1 Å². The van der Waals surface area contributed by atoms with Crippen LogP contribution in [0.25, 0.3) is 0 Å². The molecule has 0 spiro atoms. The SMILES string of the molecule is CC(CNS(=O)(=O)c1cc(N)c(F)cc1Cl)c1nccs1. The van der Waals surface area contributed by atoms with Crippen LogP contribution in [0, 0.1) is 5.82 Å². The Bertz CT molecular complexity index is 735. The Hall–Kier alpha value is -1.22. The lowest BCUT2D eigenvalue weighted by Gasteiger charge is -2.12. The molecular weight excluding hydrogens is 337 g/mol. The van der Waals surface area contributed by atoms with Gasteiger partial charge in [0.2, 0.25) is 10.0 Å². The van der Waals surface area contributed by atoms with Gasteiger partial charge >= 0.3 is 0 Å². The molecule has 0 radical (unpaired) electrons. The third-order valence-corrected chi connectivity index (χ3v) is 5.69. The number of nitrogens with one attached hydrogen (secondary N) is 1. The molecule has 1 aromatic heterocycles. The molecule has 1 aromatic carbocycles. The fraction of sp³-hybridized carbons (Fsp3) is 0.250. The summed E-state index contributed by atoms with van der Waals surface area (Å²) in [7, 11) is -3.87. The molecule has 5 nitrogen and oxygen atoms in total. The van der Waals surface area contributed by atoms with Gasteiger partial charge in [-0.1, -0.05) is 18.5 Å². The molecule has 1 heterocycles. The van der Waals surface area contributed by atoms with Crippen LogP contribution in [0.4, 0.5) is 10.1 Å². The van der Waals surface area contributed by atoms with Gasteiger partial charge < -0.3 is 5.73 Å². The summed E-state index contributed by atoms with van der Waals surface area (Å²) >= 11 is 7.22. The predicted octanol–water partition coefficient (Wildman–Crippen LogP) is 2.60. The number of benzene rings is 1. The van der Waals surface area contributed by atoms with Gasteiger partial charge in [-0.2, -0.15) is 0 Å². The lowest BCUT2D eigenvalue weighted by molar-refractivity contribution is 0.574. The molecule has 21 heavy (non-hydrogen) atoms. The van der Waals surface area contributed by atoms with E-state index >= 15 is 0 Å². The Labute approximate surface area is 131 Å². The van der Waals surface area contributed by atoms with Crippen LogP contribution in [-0.4, -0.2) is 19.9 Å². The zero-order valence-electron chi connectivity index (χ0n) is 11.0. The molecule has 1 atom stereocenters. The average molecular weight is 350 g/mol. The topological polar surface area (TPSA) is 85.1 Å². The van der Waals surface area contributed by atoms with Crippen molar-refractivity contribution >= 4 is 38.6 Å². The number of nitrogens with zero attached hydrogens (tertiary/aromatic N) is 1. The minimum atomic E-state index is -3.87. The zero-order chi connectivity index (χ0) is 15.6. The summed E-state index contributed by atoms with van der Waals surface area (Å²) in [4.78, 5) is 3.88. The Morgan fingerprint density at radius 3 is 2.86 bits per heavy atom. The smallest absolute Gasteiger partial charge is 0.242 e. The largest absolute Gasteiger partial charge is 0.396 e. The van der Waals surface area contributed by atoms with Crippen LogP contribution in [-0.2, 0) is 10.0 Å². The third kappa shape index (κ3) is 3.70. The van der Waals surface area contributed by atoms with Crippen molar-refractivity contribution in [3.8, 4) is 0 Å². The van der Waals surface area contributed by atoms with Gasteiger partial charge in [-0.25, -0.2) is 22.5 Å². The molecule has 3 N–H and O–H groups in total. The highest BCUT2D eigenvalue weighted by molar-refractivity contribution is 7.89. The number of aromatic nitrogens is 1. The molecular formula is C12H13ClFN3O2S2. The maximum Gasteiger partial charge on any atom is 0.242 e. The average Bonchev–Trinajstić information content (AvgIpc) is 2.94. The van der Waals surface area contributed by atoms with Crippen LogP contribution in [0.15, 0.2) is 28.6 Å². The predicted molar refractivity (Wildman–Crippen MR) is 81.5 cm³/mol.